The van der Waals surface area contributed by atoms with Gasteiger partial charge in [0.2, 0.25) is 0 Å². The highest BCUT2D eigenvalue weighted by molar-refractivity contribution is 6.42. The van der Waals surface area contributed by atoms with E-state index in [0.29, 0.717) is 33.9 Å². The van der Waals surface area contributed by atoms with E-state index in [4.69, 9.17) is 28.9 Å². The number of nitrogens with zero attached hydrogens (tertiary/aromatic N) is 2. The average Bonchev–Trinajstić information content (AvgIpc) is 2.65. The van der Waals surface area contributed by atoms with Gasteiger partial charge in [-0.05, 0) is 56.0 Å². The number of benzene rings is 1. The lowest BCUT2D eigenvalue weighted by Gasteiger charge is -2.34. The van der Waals surface area contributed by atoms with E-state index in [1.807, 2.05) is 11.8 Å². The molecule has 2 aromatic rings. The Bertz CT molecular complexity index is 803. The fourth-order valence-electron chi connectivity index (χ4n) is 3.18. The molecule has 2 heterocycles. The minimum atomic E-state index is -0.0361. The van der Waals surface area contributed by atoms with E-state index in [1.165, 1.54) is 0 Å². The lowest BCUT2D eigenvalue weighted by molar-refractivity contribution is 0.0661. The molecule has 0 radical (unpaired) electrons. The number of carbonyl (C=O) groups is 1. The van der Waals surface area contributed by atoms with E-state index >= 15 is 0 Å². The maximum absolute atomic E-state index is 13.1. The summed E-state index contributed by atoms with van der Waals surface area (Å²) in [7, 11) is 0. The van der Waals surface area contributed by atoms with Crippen LogP contribution in [0.4, 0.5) is 11.5 Å². The van der Waals surface area contributed by atoms with Crippen LogP contribution in [0.1, 0.15) is 30.1 Å². The first-order valence-electron chi connectivity index (χ1n) is 8.67. The van der Waals surface area contributed by atoms with Gasteiger partial charge < -0.3 is 16.0 Å². The van der Waals surface area contributed by atoms with Crippen LogP contribution in [0, 0.1) is 5.92 Å². The fraction of sp³-hybridized carbons (Fsp3) is 0.368. The first-order valence-corrected chi connectivity index (χ1v) is 9.43. The van der Waals surface area contributed by atoms with E-state index in [2.05, 4.69) is 10.3 Å². The summed E-state index contributed by atoms with van der Waals surface area (Å²) in [5, 5.41) is 4.09. The summed E-state index contributed by atoms with van der Waals surface area (Å²) in [6.07, 6.45) is 3.67. The Balaban J connectivity index is 0.00000196. The third-order valence-corrected chi connectivity index (χ3v) is 5.45. The van der Waals surface area contributed by atoms with Gasteiger partial charge in [-0.3, -0.25) is 4.79 Å². The maximum atomic E-state index is 13.1. The highest BCUT2D eigenvalue weighted by Gasteiger charge is 2.27. The van der Waals surface area contributed by atoms with E-state index < -0.39 is 0 Å². The summed E-state index contributed by atoms with van der Waals surface area (Å²) < 4.78 is 0. The molecular formula is C19H24Cl4N4O. The largest absolute Gasteiger partial charge is 0.340 e. The van der Waals surface area contributed by atoms with Crippen molar-refractivity contribution in [1.29, 1.82) is 0 Å². The van der Waals surface area contributed by atoms with Crippen LogP contribution in [0.15, 0.2) is 36.5 Å². The summed E-state index contributed by atoms with van der Waals surface area (Å²) in [4.78, 5) is 19.3. The van der Waals surface area contributed by atoms with E-state index in [1.54, 1.807) is 36.5 Å². The van der Waals surface area contributed by atoms with Gasteiger partial charge in [-0.1, -0.05) is 23.2 Å². The van der Waals surface area contributed by atoms with Crippen molar-refractivity contribution in [2.24, 2.45) is 11.7 Å². The number of pyridine rings is 1. The molecule has 2 atom stereocenters. The molecule has 3 rings (SSSR count). The van der Waals surface area contributed by atoms with Crippen LogP contribution in [0.2, 0.25) is 10.0 Å². The topological polar surface area (TPSA) is 71.2 Å². The van der Waals surface area contributed by atoms with Crippen LogP contribution >= 0.6 is 48.0 Å². The molecule has 1 fully saturated rings. The number of carbonyl (C=O) groups excluding carboxylic acids is 1. The number of nitrogens with one attached hydrogen (secondary N) is 1. The van der Waals surface area contributed by atoms with Gasteiger partial charge in [0.05, 0.1) is 15.6 Å². The zero-order valence-electron chi connectivity index (χ0n) is 15.4. The van der Waals surface area contributed by atoms with Crippen LogP contribution in [0.25, 0.3) is 0 Å². The lowest BCUT2D eigenvalue weighted by atomic mass is 9.92. The number of hydrogen-bond acceptors (Lipinski definition) is 4. The van der Waals surface area contributed by atoms with Crippen LogP contribution in [-0.4, -0.2) is 34.9 Å². The number of rotatable bonds is 4. The summed E-state index contributed by atoms with van der Waals surface area (Å²) >= 11 is 12.0. The maximum Gasteiger partial charge on any atom is 0.257 e. The Morgan fingerprint density at radius 2 is 2.04 bits per heavy atom. The number of hydrogen-bond donors (Lipinski definition) is 2. The zero-order valence-corrected chi connectivity index (χ0v) is 18.5. The molecule has 1 aromatic carbocycles. The Kier molecular flexibility index (Phi) is 9.81. The average molecular weight is 466 g/mol. The van der Waals surface area contributed by atoms with Crippen molar-refractivity contribution in [3.63, 3.8) is 0 Å². The predicted molar refractivity (Wildman–Crippen MR) is 121 cm³/mol. The fourth-order valence-corrected chi connectivity index (χ4v) is 3.48. The number of aromatic nitrogens is 1. The molecule has 28 heavy (non-hydrogen) atoms. The summed E-state index contributed by atoms with van der Waals surface area (Å²) in [6.45, 7) is 3.42. The highest BCUT2D eigenvalue weighted by Crippen LogP contribution is 2.28. The van der Waals surface area contributed by atoms with Gasteiger partial charge in [0.25, 0.3) is 5.91 Å². The van der Waals surface area contributed by atoms with Crippen LogP contribution in [0.5, 0.6) is 0 Å². The molecule has 1 aliphatic heterocycles. The summed E-state index contributed by atoms with van der Waals surface area (Å²) in [6, 6.07) is 8.83. The SMILES string of the molecule is CC(N)C1CCCN(C(=O)c2cccnc2Nc2ccc(Cl)c(Cl)c2)C1.Cl.Cl. The number of amides is 1. The van der Waals surface area contributed by atoms with Crippen molar-refractivity contribution >= 4 is 65.4 Å². The van der Waals surface area contributed by atoms with Gasteiger partial charge in [0.1, 0.15) is 5.82 Å². The molecule has 1 aliphatic rings. The second kappa shape index (κ2) is 11.1. The lowest BCUT2D eigenvalue weighted by Crippen LogP contribution is -2.45. The van der Waals surface area contributed by atoms with Gasteiger partial charge in [-0.2, -0.15) is 0 Å². The molecule has 0 aliphatic carbocycles. The second-order valence-electron chi connectivity index (χ2n) is 6.67. The Hall–Kier alpha value is -1.24. The predicted octanol–water partition coefficient (Wildman–Crippen LogP) is 5.18. The van der Waals surface area contributed by atoms with Gasteiger partial charge in [-0.15, -0.1) is 24.8 Å². The van der Waals surface area contributed by atoms with Crippen molar-refractivity contribution in [1.82, 2.24) is 9.88 Å². The van der Waals surface area contributed by atoms with E-state index in [9.17, 15) is 4.79 Å². The number of piperidine rings is 1. The molecule has 154 valence electrons. The number of halogens is 4. The third kappa shape index (κ3) is 5.88. The highest BCUT2D eigenvalue weighted by atomic mass is 35.5. The Labute approximate surface area is 187 Å². The zero-order chi connectivity index (χ0) is 18.7. The van der Waals surface area contributed by atoms with Crippen LogP contribution in [-0.2, 0) is 0 Å². The second-order valence-corrected chi connectivity index (χ2v) is 7.48. The summed E-state index contributed by atoms with van der Waals surface area (Å²) in [5.41, 5.74) is 7.29. The quantitative estimate of drug-likeness (QED) is 0.652. The molecule has 1 saturated heterocycles. The normalized spacial score (nSPS) is 17.1. The monoisotopic (exact) mass is 464 g/mol. The standard InChI is InChI=1S/C19H22Cl2N4O.2ClH/c1-12(22)13-4-3-9-25(11-13)19(26)15-5-2-8-23-18(15)24-14-6-7-16(20)17(21)10-14;;/h2,5-8,10,12-13H,3-4,9,11,22H2,1H3,(H,23,24);2*1H. The molecule has 5 nitrogen and oxygen atoms in total. The van der Waals surface area contributed by atoms with Crippen LogP contribution in [0.3, 0.4) is 0 Å². The summed E-state index contributed by atoms with van der Waals surface area (Å²) in [5.74, 6) is 0.792. The molecule has 1 aromatic heterocycles. The van der Waals surface area contributed by atoms with Gasteiger partial charge >= 0.3 is 0 Å². The molecule has 0 bridgehead atoms. The minimum absolute atomic E-state index is 0. The van der Waals surface area contributed by atoms with E-state index in [0.717, 1.165) is 25.1 Å². The third-order valence-electron chi connectivity index (χ3n) is 4.71. The Morgan fingerprint density at radius 1 is 1.29 bits per heavy atom. The first-order chi connectivity index (χ1) is 12.5. The van der Waals surface area contributed by atoms with E-state index in [-0.39, 0.29) is 36.8 Å². The van der Waals surface area contributed by atoms with Gasteiger partial charge in [0, 0.05) is 31.0 Å². The van der Waals surface area contributed by atoms with Crippen molar-refractivity contribution in [3.8, 4) is 0 Å². The number of anilines is 2. The van der Waals surface area contributed by atoms with Crippen molar-refractivity contribution in [2.75, 3.05) is 18.4 Å². The smallest absolute Gasteiger partial charge is 0.257 e. The van der Waals surface area contributed by atoms with Gasteiger partial charge in [-0.25, -0.2) is 4.98 Å². The molecule has 3 N–H and O–H groups in total. The van der Waals surface area contributed by atoms with Gasteiger partial charge in [0.15, 0.2) is 0 Å². The molecule has 9 heteroatoms. The number of likely N-dealkylation sites (tertiary alicyclic amines) is 1. The van der Waals surface area contributed by atoms with Crippen molar-refractivity contribution < 1.29 is 4.79 Å². The van der Waals surface area contributed by atoms with Crippen molar-refractivity contribution in [3.05, 3.63) is 52.1 Å². The molecule has 0 spiro atoms. The molecule has 1 amide bonds. The first kappa shape index (κ1) is 24.8. The molecular weight excluding hydrogens is 442 g/mol. The van der Waals surface area contributed by atoms with Crippen molar-refractivity contribution in [2.45, 2.75) is 25.8 Å². The molecule has 2 unspecified atom stereocenters. The Morgan fingerprint density at radius 3 is 2.71 bits per heavy atom. The minimum Gasteiger partial charge on any atom is -0.340 e. The number of nitrogens with two attached hydrogens (primary N) is 1. The van der Waals surface area contributed by atoms with Crippen LogP contribution < -0.4 is 11.1 Å². The molecule has 0 saturated carbocycles.